The zero-order valence-corrected chi connectivity index (χ0v) is 9.20. The third-order valence-electron chi connectivity index (χ3n) is 1.27. The number of hydrogen-bond donors (Lipinski definition) is 2. The second-order valence-corrected chi connectivity index (χ2v) is 3.98. The van der Waals surface area contributed by atoms with Crippen LogP contribution in [0.15, 0.2) is 12.2 Å². The van der Waals surface area contributed by atoms with Gasteiger partial charge in [-0.3, -0.25) is 0 Å². The maximum absolute atomic E-state index is 11.1. The molecule has 4 heteroatoms. The minimum atomic E-state index is -0.660. The summed E-state index contributed by atoms with van der Waals surface area (Å²) in [5.74, 6) is 0. The van der Waals surface area contributed by atoms with Gasteiger partial charge in [-0.1, -0.05) is 12.2 Å². The Bertz CT molecular complexity index is 206. The third kappa shape index (κ3) is 7.61. The van der Waals surface area contributed by atoms with Crippen LogP contribution in [-0.2, 0) is 4.74 Å². The van der Waals surface area contributed by atoms with Gasteiger partial charge in [-0.15, -0.1) is 0 Å². The van der Waals surface area contributed by atoms with Crippen LogP contribution in [-0.4, -0.2) is 29.4 Å². The van der Waals surface area contributed by atoms with Gasteiger partial charge in [0.15, 0.2) is 0 Å². The first-order valence-electron chi connectivity index (χ1n) is 4.63. The molecule has 0 fully saturated rings. The zero-order chi connectivity index (χ0) is 11.2. The number of carbonyl (C=O) groups excluding carboxylic acids is 1. The summed E-state index contributed by atoms with van der Waals surface area (Å²) in [6.07, 6.45) is 2.15. The molecule has 0 aromatic carbocycles. The summed E-state index contributed by atoms with van der Waals surface area (Å²) in [4.78, 5) is 11.1. The van der Waals surface area contributed by atoms with E-state index in [0.717, 1.165) is 0 Å². The molecule has 1 amide bonds. The van der Waals surface area contributed by atoms with Crippen LogP contribution in [0, 0.1) is 0 Å². The van der Waals surface area contributed by atoms with Crippen LogP contribution in [0.1, 0.15) is 27.7 Å². The number of carbonyl (C=O) groups is 1. The number of rotatable bonds is 3. The average Bonchev–Trinajstić information content (AvgIpc) is 1.98. The molecule has 4 nitrogen and oxygen atoms in total. The summed E-state index contributed by atoms with van der Waals surface area (Å²) in [6, 6.07) is 0. The number of allylic oxidation sites excluding steroid dienone is 1. The normalized spacial score (nSPS) is 14.1. The Labute approximate surface area is 85.0 Å². The Morgan fingerprint density at radius 3 is 2.57 bits per heavy atom. The van der Waals surface area contributed by atoms with Crippen LogP contribution >= 0.6 is 0 Å². The standard InChI is InChI=1S/C10H19NO3/c1-5-6-8(12)7-11-9(13)14-10(2,3)4/h5-6,8,12H,7H2,1-4H3,(H,11,13)/b6-5+/t8-/m0/s1. The Balaban J connectivity index is 3.75. The molecular weight excluding hydrogens is 182 g/mol. The maximum Gasteiger partial charge on any atom is 0.407 e. The molecule has 2 N–H and O–H groups in total. The van der Waals surface area contributed by atoms with Crippen molar-refractivity contribution >= 4 is 6.09 Å². The first kappa shape index (κ1) is 13.0. The van der Waals surface area contributed by atoms with E-state index in [1.807, 2.05) is 0 Å². The molecule has 0 saturated heterocycles. The fourth-order valence-electron chi connectivity index (χ4n) is 0.792. The van der Waals surface area contributed by atoms with Crippen molar-refractivity contribution in [3.05, 3.63) is 12.2 Å². The van der Waals surface area contributed by atoms with E-state index >= 15 is 0 Å². The van der Waals surface area contributed by atoms with E-state index in [9.17, 15) is 9.90 Å². The number of amides is 1. The fraction of sp³-hybridized carbons (Fsp3) is 0.700. The number of ether oxygens (including phenoxy) is 1. The predicted molar refractivity (Wildman–Crippen MR) is 55.1 cm³/mol. The summed E-state index contributed by atoms with van der Waals surface area (Å²) in [6.45, 7) is 7.33. The Hall–Kier alpha value is -1.03. The summed E-state index contributed by atoms with van der Waals surface area (Å²) >= 11 is 0. The van der Waals surface area contributed by atoms with E-state index < -0.39 is 17.8 Å². The molecule has 82 valence electrons. The van der Waals surface area contributed by atoms with Crippen LogP contribution in [0.25, 0.3) is 0 Å². The Morgan fingerprint density at radius 1 is 1.57 bits per heavy atom. The van der Waals surface area contributed by atoms with Crippen molar-refractivity contribution in [1.82, 2.24) is 5.32 Å². The summed E-state index contributed by atoms with van der Waals surface area (Å²) in [7, 11) is 0. The van der Waals surface area contributed by atoms with Crippen molar-refractivity contribution in [2.45, 2.75) is 39.4 Å². The zero-order valence-electron chi connectivity index (χ0n) is 9.20. The van der Waals surface area contributed by atoms with E-state index in [1.165, 1.54) is 0 Å². The fourth-order valence-corrected chi connectivity index (χ4v) is 0.792. The highest BCUT2D eigenvalue weighted by Gasteiger charge is 2.15. The maximum atomic E-state index is 11.1. The number of aliphatic hydroxyl groups is 1. The molecule has 14 heavy (non-hydrogen) atoms. The van der Waals surface area contributed by atoms with Gasteiger partial charge in [-0.2, -0.15) is 0 Å². The molecule has 0 aromatic heterocycles. The smallest absolute Gasteiger partial charge is 0.407 e. The summed E-state index contributed by atoms with van der Waals surface area (Å²) in [5, 5.41) is 11.7. The van der Waals surface area contributed by atoms with Crippen molar-refractivity contribution in [3.63, 3.8) is 0 Å². The number of hydrogen-bond acceptors (Lipinski definition) is 3. The van der Waals surface area contributed by atoms with Crippen molar-refractivity contribution in [2.24, 2.45) is 0 Å². The van der Waals surface area contributed by atoms with E-state index in [-0.39, 0.29) is 6.54 Å². The molecule has 0 aliphatic carbocycles. The van der Waals surface area contributed by atoms with Crippen molar-refractivity contribution < 1.29 is 14.6 Å². The molecule has 0 spiro atoms. The van der Waals surface area contributed by atoms with Crippen molar-refractivity contribution in [2.75, 3.05) is 6.54 Å². The lowest BCUT2D eigenvalue weighted by molar-refractivity contribution is 0.0505. The molecule has 0 radical (unpaired) electrons. The van der Waals surface area contributed by atoms with Gasteiger partial charge in [0, 0.05) is 0 Å². The van der Waals surface area contributed by atoms with Crippen LogP contribution in [0.5, 0.6) is 0 Å². The van der Waals surface area contributed by atoms with E-state index in [1.54, 1.807) is 39.8 Å². The van der Waals surface area contributed by atoms with E-state index in [4.69, 9.17) is 4.74 Å². The number of nitrogens with one attached hydrogen (secondary N) is 1. The number of alkyl carbamates (subject to hydrolysis) is 1. The Kier molecular flexibility index (Phi) is 5.23. The molecule has 0 aromatic rings. The molecule has 0 aliphatic heterocycles. The van der Waals surface area contributed by atoms with Gasteiger partial charge in [0.05, 0.1) is 12.6 Å². The highest BCUT2D eigenvalue weighted by molar-refractivity contribution is 5.67. The quantitative estimate of drug-likeness (QED) is 0.679. The minimum Gasteiger partial charge on any atom is -0.444 e. The molecule has 1 atom stereocenters. The first-order chi connectivity index (χ1) is 6.35. The molecule has 0 rings (SSSR count). The Morgan fingerprint density at radius 2 is 2.14 bits per heavy atom. The lowest BCUT2D eigenvalue weighted by Crippen LogP contribution is -2.36. The third-order valence-corrected chi connectivity index (χ3v) is 1.27. The second-order valence-electron chi connectivity index (χ2n) is 3.98. The van der Waals surface area contributed by atoms with Crippen molar-refractivity contribution in [3.8, 4) is 0 Å². The highest BCUT2D eigenvalue weighted by atomic mass is 16.6. The van der Waals surface area contributed by atoms with Gasteiger partial charge in [0.2, 0.25) is 0 Å². The van der Waals surface area contributed by atoms with Gasteiger partial charge in [0.1, 0.15) is 5.60 Å². The molecular formula is C10H19NO3. The first-order valence-corrected chi connectivity index (χ1v) is 4.63. The number of aliphatic hydroxyl groups excluding tert-OH is 1. The predicted octanol–water partition coefficient (Wildman–Crippen LogP) is 1.45. The highest BCUT2D eigenvalue weighted by Crippen LogP contribution is 2.06. The SMILES string of the molecule is C/C=C/[C@H](O)CNC(=O)OC(C)(C)C. The average molecular weight is 201 g/mol. The monoisotopic (exact) mass is 201 g/mol. The molecule has 0 heterocycles. The van der Waals surface area contributed by atoms with Gasteiger partial charge in [0.25, 0.3) is 0 Å². The molecule has 0 unspecified atom stereocenters. The van der Waals surface area contributed by atoms with Crippen LogP contribution < -0.4 is 5.32 Å². The molecule has 0 aliphatic rings. The van der Waals surface area contributed by atoms with Gasteiger partial charge >= 0.3 is 6.09 Å². The minimum absolute atomic E-state index is 0.166. The van der Waals surface area contributed by atoms with Crippen LogP contribution in [0.3, 0.4) is 0 Å². The lowest BCUT2D eigenvalue weighted by atomic mass is 10.2. The summed E-state index contributed by atoms with van der Waals surface area (Å²) in [5.41, 5.74) is -0.504. The molecule has 0 bridgehead atoms. The largest absolute Gasteiger partial charge is 0.444 e. The lowest BCUT2D eigenvalue weighted by Gasteiger charge is -2.20. The topological polar surface area (TPSA) is 58.6 Å². The van der Waals surface area contributed by atoms with Gasteiger partial charge < -0.3 is 15.2 Å². The second kappa shape index (κ2) is 5.65. The van der Waals surface area contributed by atoms with Gasteiger partial charge in [-0.25, -0.2) is 4.79 Å². The van der Waals surface area contributed by atoms with Crippen LogP contribution in [0.2, 0.25) is 0 Å². The van der Waals surface area contributed by atoms with E-state index in [2.05, 4.69) is 5.32 Å². The summed E-state index contributed by atoms with van der Waals surface area (Å²) < 4.78 is 4.98. The van der Waals surface area contributed by atoms with Gasteiger partial charge in [-0.05, 0) is 27.7 Å². The molecule has 0 saturated carbocycles. The van der Waals surface area contributed by atoms with Crippen molar-refractivity contribution in [1.29, 1.82) is 0 Å². The van der Waals surface area contributed by atoms with E-state index in [0.29, 0.717) is 0 Å². The van der Waals surface area contributed by atoms with Crippen LogP contribution in [0.4, 0.5) is 4.79 Å².